The molecule has 0 spiro atoms. The van der Waals surface area contributed by atoms with Gasteiger partial charge in [0.25, 0.3) is 0 Å². The number of carbonyl (C=O) groups is 3. The van der Waals surface area contributed by atoms with Crippen molar-refractivity contribution < 1.29 is 28.6 Å². The van der Waals surface area contributed by atoms with E-state index >= 15 is 0 Å². The van der Waals surface area contributed by atoms with Gasteiger partial charge < -0.3 is 14.2 Å². The molecule has 1 atom stereocenters. The average Bonchev–Trinajstić information content (AvgIpc) is 2.75. The molecule has 0 radical (unpaired) electrons. The number of benzene rings is 2. The maximum atomic E-state index is 13.3. The fourth-order valence-corrected chi connectivity index (χ4v) is 3.04. The van der Waals surface area contributed by atoms with Crippen molar-refractivity contribution in [2.75, 3.05) is 20.3 Å². The van der Waals surface area contributed by atoms with Crippen LogP contribution in [0.3, 0.4) is 0 Å². The van der Waals surface area contributed by atoms with Gasteiger partial charge in [-0.15, -0.1) is 0 Å². The molecule has 0 aliphatic rings. The van der Waals surface area contributed by atoms with Gasteiger partial charge >= 0.3 is 11.9 Å². The normalized spacial score (nSPS) is 11.6. The van der Waals surface area contributed by atoms with Crippen LogP contribution in [-0.2, 0) is 19.1 Å². The van der Waals surface area contributed by atoms with Gasteiger partial charge in [-0.2, -0.15) is 0 Å². The lowest BCUT2D eigenvalue weighted by atomic mass is 9.83. The molecule has 2 aromatic carbocycles. The number of hydrogen-bond acceptors (Lipinski definition) is 6. The molecule has 2 aromatic rings. The van der Waals surface area contributed by atoms with Crippen molar-refractivity contribution >= 4 is 17.7 Å². The highest BCUT2D eigenvalue weighted by Gasteiger charge is 2.35. The third kappa shape index (κ3) is 5.91. The minimum absolute atomic E-state index is 0.0439. The first-order valence-electron chi connectivity index (χ1n) is 9.58. The van der Waals surface area contributed by atoms with E-state index in [0.29, 0.717) is 16.9 Å². The van der Waals surface area contributed by atoms with Crippen LogP contribution in [-0.4, -0.2) is 38.0 Å². The summed E-state index contributed by atoms with van der Waals surface area (Å²) in [5.41, 5.74) is 1.18. The van der Waals surface area contributed by atoms with Crippen molar-refractivity contribution in [2.24, 2.45) is 5.92 Å². The van der Waals surface area contributed by atoms with Crippen LogP contribution in [0.5, 0.6) is 5.75 Å². The Morgan fingerprint density at radius 2 is 1.38 bits per heavy atom. The smallest absolute Gasteiger partial charge is 0.320 e. The van der Waals surface area contributed by atoms with E-state index in [4.69, 9.17) is 14.2 Å². The highest BCUT2D eigenvalue weighted by atomic mass is 16.6. The molecular formula is C23H26O6. The van der Waals surface area contributed by atoms with Crippen LogP contribution >= 0.6 is 0 Å². The van der Waals surface area contributed by atoms with E-state index < -0.39 is 23.8 Å². The first-order valence-corrected chi connectivity index (χ1v) is 9.58. The number of rotatable bonds is 10. The average molecular weight is 398 g/mol. The summed E-state index contributed by atoms with van der Waals surface area (Å²) in [4.78, 5) is 38.1. The third-order valence-electron chi connectivity index (χ3n) is 4.51. The zero-order valence-electron chi connectivity index (χ0n) is 16.9. The summed E-state index contributed by atoms with van der Waals surface area (Å²) in [6.07, 6.45) is -0.0439. The van der Waals surface area contributed by atoms with Crippen LogP contribution in [0.15, 0.2) is 54.6 Å². The van der Waals surface area contributed by atoms with E-state index in [-0.39, 0.29) is 25.4 Å². The van der Waals surface area contributed by atoms with E-state index in [0.717, 1.165) is 0 Å². The second-order valence-corrected chi connectivity index (χ2v) is 6.35. The van der Waals surface area contributed by atoms with Gasteiger partial charge in [0.05, 0.1) is 20.3 Å². The predicted molar refractivity (Wildman–Crippen MR) is 108 cm³/mol. The molecule has 6 nitrogen and oxygen atoms in total. The Labute approximate surface area is 170 Å². The first kappa shape index (κ1) is 22.1. The Morgan fingerprint density at radius 3 is 1.86 bits per heavy atom. The molecular weight excluding hydrogens is 372 g/mol. The molecule has 0 heterocycles. The standard InChI is InChI=1S/C23H26O6/c1-4-28-22(25)20(23(26)29-5-2)15-19(16-11-13-18(27-3)14-12-16)21(24)17-9-7-6-8-10-17/h6-14,19-20H,4-5,15H2,1-3H3. The number of hydrogen-bond donors (Lipinski definition) is 0. The summed E-state index contributed by atoms with van der Waals surface area (Å²) in [5.74, 6) is -2.83. The van der Waals surface area contributed by atoms with Crippen molar-refractivity contribution in [3.8, 4) is 5.75 Å². The number of ether oxygens (including phenoxy) is 3. The maximum Gasteiger partial charge on any atom is 0.320 e. The zero-order chi connectivity index (χ0) is 21.2. The minimum atomic E-state index is -1.19. The molecule has 0 aliphatic carbocycles. The number of carbonyl (C=O) groups excluding carboxylic acids is 3. The highest BCUT2D eigenvalue weighted by molar-refractivity contribution is 6.02. The van der Waals surface area contributed by atoms with Crippen LogP contribution in [0.25, 0.3) is 0 Å². The van der Waals surface area contributed by atoms with Gasteiger partial charge in [0, 0.05) is 11.5 Å². The zero-order valence-corrected chi connectivity index (χ0v) is 16.9. The Bertz CT molecular complexity index is 795. The molecule has 0 amide bonds. The van der Waals surface area contributed by atoms with Gasteiger partial charge in [-0.25, -0.2) is 0 Å². The molecule has 6 heteroatoms. The number of Topliss-reactive ketones (excluding diaryl/α,β-unsaturated/α-hetero) is 1. The summed E-state index contributed by atoms with van der Waals surface area (Å²) in [6.45, 7) is 3.59. The van der Waals surface area contributed by atoms with E-state index in [1.807, 2.05) is 6.07 Å². The highest BCUT2D eigenvalue weighted by Crippen LogP contribution is 2.30. The summed E-state index contributed by atoms with van der Waals surface area (Å²) < 4.78 is 15.3. The molecule has 1 unspecified atom stereocenters. The largest absolute Gasteiger partial charge is 0.497 e. The second-order valence-electron chi connectivity index (χ2n) is 6.35. The van der Waals surface area contributed by atoms with E-state index in [9.17, 15) is 14.4 Å². The van der Waals surface area contributed by atoms with Crippen molar-refractivity contribution in [1.29, 1.82) is 0 Å². The van der Waals surface area contributed by atoms with Crippen LogP contribution in [0.1, 0.15) is 42.1 Å². The fourth-order valence-electron chi connectivity index (χ4n) is 3.04. The van der Waals surface area contributed by atoms with Gasteiger partial charge in [0.1, 0.15) is 5.75 Å². The molecule has 2 rings (SSSR count). The summed E-state index contributed by atoms with van der Waals surface area (Å²) in [6, 6.07) is 15.8. The molecule has 0 saturated heterocycles. The Kier molecular flexibility index (Phi) is 8.40. The van der Waals surface area contributed by atoms with Gasteiger partial charge in [0.15, 0.2) is 11.7 Å². The van der Waals surface area contributed by atoms with E-state index in [1.165, 1.54) is 0 Å². The maximum absolute atomic E-state index is 13.3. The molecule has 0 N–H and O–H groups in total. The number of methoxy groups -OCH3 is 1. The quantitative estimate of drug-likeness (QED) is 0.344. The van der Waals surface area contributed by atoms with Gasteiger partial charge in [-0.1, -0.05) is 42.5 Å². The van der Waals surface area contributed by atoms with Crippen LogP contribution in [0.2, 0.25) is 0 Å². The van der Waals surface area contributed by atoms with Crippen LogP contribution in [0.4, 0.5) is 0 Å². The van der Waals surface area contributed by atoms with Crippen molar-refractivity contribution in [3.63, 3.8) is 0 Å². The lowest BCUT2D eigenvalue weighted by Crippen LogP contribution is -2.31. The third-order valence-corrected chi connectivity index (χ3v) is 4.51. The van der Waals surface area contributed by atoms with Crippen LogP contribution < -0.4 is 4.74 Å². The Balaban J connectivity index is 2.42. The Morgan fingerprint density at radius 1 is 0.828 bits per heavy atom. The summed E-state index contributed by atoms with van der Waals surface area (Å²) >= 11 is 0. The number of ketones is 1. The lowest BCUT2D eigenvalue weighted by molar-refractivity contribution is -0.162. The number of esters is 2. The molecule has 0 saturated carbocycles. The SMILES string of the molecule is CCOC(=O)C(CC(C(=O)c1ccccc1)c1ccc(OC)cc1)C(=O)OCC. The predicted octanol–water partition coefficient (Wildman–Crippen LogP) is 3.79. The van der Waals surface area contributed by atoms with Crippen molar-refractivity contribution in [1.82, 2.24) is 0 Å². The Hall–Kier alpha value is -3.15. The minimum Gasteiger partial charge on any atom is -0.497 e. The van der Waals surface area contributed by atoms with Gasteiger partial charge in [-0.05, 0) is 38.0 Å². The lowest BCUT2D eigenvalue weighted by Gasteiger charge is -2.21. The molecule has 0 aromatic heterocycles. The van der Waals surface area contributed by atoms with Crippen molar-refractivity contribution in [3.05, 3.63) is 65.7 Å². The molecule has 0 fully saturated rings. The second kappa shape index (κ2) is 11.0. The first-order chi connectivity index (χ1) is 14.0. The van der Waals surface area contributed by atoms with Crippen LogP contribution in [0, 0.1) is 5.92 Å². The summed E-state index contributed by atoms with van der Waals surface area (Å²) in [7, 11) is 1.55. The molecule has 29 heavy (non-hydrogen) atoms. The van der Waals surface area contributed by atoms with E-state index in [2.05, 4.69) is 0 Å². The molecule has 154 valence electrons. The molecule has 0 aliphatic heterocycles. The van der Waals surface area contributed by atoms with Gasteiger partial charge in [-0.3, -0.25) is 14.4 Å². The summed E-state index contributed by atoms with van der Waals surface area (Å²) in [5, 5.41) is 0. The fraction of sp³-hybridized carbons (Fsp3) is 0.348. The van der Waals surface area contributed by atoms with E-state index in [1.54, 1.807) is 69.5 Å². The molecule has 0 bridgehead atoms. The van der Waals surface area contributed by atoms with Crippen molar-refractivity contribution in [2.45, 2.75) is 26.2 Å². The topological polar surface area (TPSA) is 78.9 Å². The monoisotopic (exact) mass is 398 g/mol. The van der Waals surface area contributed by atoms with Gasteiger partial charge in [0.2, 0.25) is 0 Å².